The number of hydrogen-bond acceptors (Lipinski definition) is 3. The van der Waals surface area contributed by atoms with Crippen molar-refractivity contribution in [1.29, 1.82) is 0 Å². The molecule has 7 heteroatoms. The van der Waals surface area contributed by atoms with E-state index in [4.69, 9.17) is 11.6 Å². The first-order valence-electron chi connectivity index (χ1n) is 6.95. The third kappa shape index (κ3) is 3.60. The predicted molar refractivity (Wildman–Crippen MR) is 90.2 cm³/mol. The molecule has 0 atom stereocenters. The quantitative estimate of drug-likeness (QED) is 0.716. The number of carbonyl (C=O) groups excluding carboxylic acids is 1. The fraction of sp³-hybridized carbons (Fsp3) is 0.125. The van der Waals surface area contributed by atoms with Gasteiger partial charge in [0.05, 0.1) is 5.69 Å². The van der Waals surface area contributed by atoms with Gasteiger partial charge in [0.15, 0.2) is 10.1 Å². The van der Waals surface area contributed by atoms with E-state index < -0.39 is 0 Å². The van der Waals surface area contributed by atoms with Crippen LogP contribution in [-0.2, 0) is 11.2 Å². The van der Waals surface area contributed by atoms with E-state index in [1.54, 1.807) is 24.3 Å². The summed E-state index contributed by atoms with van der Waals surface area (Å²) in [5.41, 5.74) is 1.24. The van der Waals surface area contributed by atoms with Crippen LogP contribution in [0.1, 0.15) is 11.3 Å². The first kappa shape index (κ1) is 15.7. The van der Waals surface area contributed by atoms with Crippen molar-refractivity contribution in [2.75, 3.05) is 6.54 Å². The van der Waals surface area contributed by atoms with Gasteiger partial charge in [-0.3, -0.25) is 9.20 Å². The second-order valence-corrected chi connectivity index (χ2v) is 6.04. The molecule has 0 aliphatic rings. The molecule has 1 amide bonds. The van der Waals surface area contributed by atoms with Crippen LogP contribution < -0.4 is 5.32 Å². The highest BCUT2D eigenvalue weighted by molar-refractivity contribution is 7.15. The Morgan fingerprint density at radius 1 is 1.43 bits per heavy atom. The first-order chi connectivity index (χ1) is 11.1. The third-order valence-corrected chi connectivity index (χ3v) is 4.33. The molecule has 0 bridgehead atoms. The van der Waals surface area contributed by atoms with Crippen LogP contribution >= 0.6 is 22.9 Å². The van der Waals surface area contributed by atoms with Crippen LogP contribution in [0.4, 0.5) is 4.39 Å². The molecule has 2 heterocycles. The van der Waals surface area contributed by atoms with Crippen molar-refractivity contribution >= 4 is 39.9 Å². The molecule has 118 valence electrons. The topological polar surface area (TPSA) is 46.4 Å². The van der Waals surface area contributed by atoms with Gasteiger partial charge in [-0.15, -0.1) is 11.3 Å². The number of hydrogen-bond donors (Lipinski definition) is 1. The zero-order valence-corrected chi connectivity index (χ0v) is 13.6. The fourth-order valence-corrected chi connectivity index (χ4v) is 3.17. The molecule has 0 saturated heterocycles. The summed E-state index contributed by atoms with van der Waals surface area (Å²) in [6.45, 7) is 0.359. The largest absolute Gasteiger partial charge is 0.352 e. The number of carbonyl (C=O) groups is 1. The fourth-order valence-electron chi connectivity index (χ4n) is 2.16. The van der Waals surface area contributed by atoms with Crippen LogP contribution in [0.25, 0.3) is 11.0 Å². The summed E-state index contributed by atoms with van der Waals surface area (Å²) >= 11 is 7.51. The lowest BCUT2D eigenvalue weighted by Crippen LogP contribution is -2.23. The number of thiazole rings is 1. The number of fused-ring (bicyclic) bond motifs is 1. The average Bonchev–Trinajstić information content (AvgIpc) is 3.08. The minimum absolute atomic E-state index is 0.261. The molecule has 1 aromatic carbocycles. The van der Waals surface area contributed by atoms with E-state index >= 15 is 0 Å². The highest BCUT2D eigenvalue weighted by Gasteiger charge is 2.08. The zero-order chi connectivity index (χ0) is 16.2. The standard InChI is InChI=1S/C16H13ClFN3OS/c17-15-13(21-9-10-23-16(21)20-15)5-6-14(22)19-8-7-11-3-1-2-4-12(11)18/h1-6,9-10H,7-8H2,(H,19,22). The highest BCUT2D eigenvalue weighted by atomic mass is 35.5. The minimum Gasteiger partial charge on any atom is -0.352 e. The van der Waals surface area contributed by atoms with Crippen molar-refractivity contribution in [3.05, 3.63) is 64.1 Å². The molecule has 0 radical (unpaired) electrons. The third-order valence-electron chi connectivity index (χ3n) is 3.30. The van der Waals surface area contributed by atoms with Crippen molar-refractivity contribution < 1.29 is 9.18 Å². The molecule has 0 unspecified atom stereocenters. The van der Waals surface area contributed by atoms with E-state index in [-0.39, 0.29) is 11.7 Å². The minimum atomic E-state index is -0.261. The normalized spacial score (nSPS) is 11.4. The van der Waals surface area contributed by atoms with Gasteiger partial charge < -0.3 is 5.32 Å². The number of rotatable bonds is 5. The van der Waals surface area contributed by atoms with Crippen molar-refractivity contribution in [3.8, 4) is 0 Å². The van der Waals surface area contributed by atoms with Gasteiger partial charge in [0.1, 0.15) is 5.82 Å². The molecule has 3 aromatic rings. The molecule has 0 aliphatic heterocycles. The molecular formula is C16H13ClFN3OS. The van der Waals surface area contributed by atoms with Gasteiger partial charge in [-0.05, 0) is 24.1 Å². The molecule has 4 nitrogen and oxygen atoms in total. The maximum absolute atomic E-state index is 13.5. The lowest BCUT2D eigenvalue weighted by molar-refractivity contribution is -0.116. The maximum atomic E-state index is 13.5. The summed E-state index contributed by atoms with van der Waals surface area (Å²) in [6.07, 6.45) is 5.30. The highest BCUT2D eigenvalue weighted by Crippen LogP contribution is 2.22. The van der Waals surface area contributed by atoms with Crippen molar-refractivity contribution in [2.24, 2.45) is 0 Å². The van der Waals surface area contributed by atoms with E-state index in [1.165, 1.54) is 23.5 Å². The van der Waals surface area contributed by atoms with Crippen LogP contribution in [0.5, 0.6) is 0 Å². The van der Waals surface area contributed by atoms with Gasteiger partial charge in [-0.2, -0.15) is 0 Å². The molecule has 0 aliphatic carbocycles. The molecular weight excluding hydrogens is 337 g/mol. The predicted octanol–water partition coefficient (Wildman–Crippen LogP) is 3.56. The number of benzene rings is 1. The first-order valence-corrected chi connectivity index (χ1v) is 8.21. The van der Waals surface area contributed by atoms with Crippen LogP contribution in [0, 0.1) is 5.82 Å². The summed E-state index contributed by atoms with van der Waals surface area (Å²) in [4.78, 5) is 16.8. The number of imidazole rings is 1. The second kappa shape index (κ2) is 6.93. The number of nitrogens with one attached hydrogen (secondary N) is 1. The van der Waals surface area contributed by atoms with Gasteiger partial charge in [0.2, 0.25) is 5.91 Å². The van der Waals surface area contributed by atoms with Crippen molar-refractivity contribution in [2.45, 2.75) is 6.42 Å². The van der Waals surface area contributed by atoms with E-state index in [9.17, 15) is 9.18 Å². The summed E-state index contributed by atoms with van der Waals surface area (Å²) in [5.74, 6) is -0.522. The number of aromatic nitrogens is 2. The molecule has 23 heavy (non-hydrogen) atoms. The Morgan fingerprint density at radius 2 is 2.26 bits per heavy atom. The van der Waals surface area contributed by atoms with E-state index in [0.717, 1.165) is 4.96 Å². The van der Waals surface area contributed by atoms with Crippen LogP contribution in [0.2, 0.25) is 5.15 Å². The van der Waals surface area contributed by atoms with Gasteiger partial charge >= 0.3 is 0 Å². The lowest BCUT2D eigenvalue weighted by Gasteiger charge is -2.03. The van der Waals surface area contributed by atoms with Gasteiger partial charge in [-0.25, -0.2) is 9.37 Å². The molecule has 1 N–H and O–H groups in total. The van der Waals surface area contributed by atoms with Gasteiger partial charge in [0.25, 0.3) is 0 Å². The van der Waals surface area contributed by atoms with Crippen molar-refractivity contribution in [1.82, 2.24) is 14.7 Å². The van der Waals surface area contributed by atoms with Crippen LogP contribution in [0.15, 0.2) is 41.9 Å². The molecule has 3 rings (SSSR count). The maximum Gasteiger partial charge on any atom is 0.244 e. The summed E-state index contributed by atoms with van der Waals surface area (Å²) in [7, 11) is 0. The van der Waals surface area contributed by atoms with Crippen molar-refractivity contribution in [3.63, 3.8) is 0 Å². The Kier molecular flexibility index (Phi) is 4.73. The zero-order valence-electron chi connectivity index (χ0n) is 12.0. The Labute approximate surface area is 141 Å². The molecule has 0 fully saturated rings. The number of amides is 1. The van der Waals surface area contributed by atoms with E-state index in [2.05, 4.69) is 10.3 Å². The van der Waals surface area contributed by atoms with Gasteiger partial charge in [0, 0.05) is 24.2 Å². The Balaban J connectivity index is 1.58. The monoisotopic (exact) mass is 349 g/mol. The Hall–Kier alpha value is -2.18. The Morgan fingerprint density at radius 3 is 3.09 bits per heavy atom. The SMILES string of the molecule is O=C(C=Cc1c(Cl)nc2sccn12)NCCc1ccccc1F. The Bertz CT molecular complexity index is 871. The molecule has 0 spiro atoms. The summed E-state index contributed by atoms with van der Waals surface area (Å²) in [6, 6.07) is 6.52. The van der Waals surface area contributed by atoms with Gasteiger partial charge in [-0.1, -0.05) is 29.8 Å². The molecule has 0 saturated carbocycles. The second-order valence-electron chi connectivity index (χ2n) is 4.81. The van der Waals surface area contributed by atoms with E-state index in [1.807, 2.05) is 16.0 Å². The number of nitrogens with zero attached hydrogens (tertiary/aromatic N) is 2. The lowest BCUT2D eigenvalue weighted by atomic mass is 10.1. The van der Waals surface area contributed by atoms with Crippen LogP contribution in [0.3, 0.4) is 0 Å². The summed E-state index contributed by atoms with van der Waals surface area (Å²) < 4.78 is 15.3. The molecule has 2 aromatic heterocycles. The summed E-state index contributed by atoms with van der Waals surface area (Å²) in [5, 5.41) is 4.97. The average molecular weight is 350 g/mol. The smallest absolute Gasteiger partial charge is 0.244 e. The van der Waals surface area contributed by atoms with Crippen LogP contribution in [-0.4, -0.2) is 21.8 Å². The number of halogens is 2. The van der Waals surface area contributed by atoms with E-state index in [0.29, 0.717) is 29.4 Å².